The van der Waals surface area contributed by atoms with Gasteiger partial charge in [-0.3, -0.25) is 4.79 Å². The lowest BCUT2D eigenvalue weighted by molar-refractivity contribution is 0.0952. The van der Waals surface area contributed by atoms with Crippen molar-refractivity contribution in [3.8, 4) is 0 Å². The van der Waals surface area contributed by atoms with Crippen molar-refractivity contribution < 1.29 is 9.18 Å². The molecule has 1 rings (SSSR count). The molecule has 0 radical (unpaired) electrons. The van der Waals surface area contributed by atoms with E-state index in [1.54, 1.807) is 0 Å². The molecule has 3 N–H and O–H groups in total. The molecule has 106 valence electrons. The van der Waals surface area contributed by atoms with E-state index in [9.17, 15) is 9.18 Å². The van der Waals surface area contributed by atoms with Crippen LogP contribution >= 0.6 is 0 Å². The van der Waals surface area contributed by atoms with Crippen LogP contribution in [0.4, 0.5) is 10.1 Å². The summed E-state index contributed by atoms with van der Waals surface area (Å²) in [5.74, 6) is -0.789. The fourth-order valence-corrected chi connectivity index (χ4v) is 1.61. The molecule has 0 heterocycles. The molecule has 1 aromatic rings. The number of nitrogens with two attached hydrogens (primary N) is 1. The Labute approximate surface area is 113 Å². The number of anilines is 1. The molecule has 0 unspecified atom stereocenters. The molecular formula is C14H22FN3O. The van der Waals surface area contributed by atoms with Crippen molar-refractivity contribution in [1.29, 1.82) is 0 Å². The fraction of sp³-hybridized carbons (Fsp3) is 0.500. The summed E-state index contributed by atoms with van der Waals surface area (Å²) in [4.78, 5) is 14.0. The summed E-state index contributed by atoms with van der Waals surface area (Å²) in [5, 5.41) is 2.75. The first kappa shape index (κ1) is 15.4. The van der Waals surface area contributed by atoms with Gasteiger partial charge in [0.15, 0.2) is 0 Å². The van der Waals surface area contributed by atoms with Gasteiger partial charge >= 0.3 is 0 Å². The highest BCUT2D eigenvalue weighted by atomic mass is 19.1. The van der Waals surface area contributed by atoms with Crippen LogP contribution in [0.5, 0.6) is 0 Å². The third-order valence-electron chi connectivity index (χ3n) is 3.11. The first-order valence-electron chi connectivity index (χ1n) is 6.45. The Bertz CT molecular complexity index is 435. The number of carbonyl (C=O) groups excluding carboxylic acids is 1. The minimum absolute atomic E-state index is 0.192. The van der Waals surface area contributed by atoms with Crippen LogP contribution in [0.15, 0.2) is 18.2 Å². The Hall–Kier alpha value is -1.62. The summed E-state index contributed by atoms with van der Waals surface area (Å²) < 4.78 is 13.0. The molecule has 19 heavy (non-hydrogen) atoms. The molecule has 5 heteroatoms. The van der Waals surface area contributed by atoms with Gasteiger partial charge in [0.25, 0.3) is 5.91 Å². The highest BCUT2D eigenvalue weighted by Gasteiger charge is 2.10. The van der Waals surface area contributed by atoms with Crippen molar-refractivity contribution in [2.75, 3.05) is 25.9 Å². The van der Waals surface area contributed by atoms with Crippen LogP contribution in [0.3, 0.4) is 0 Å². The number of halogens is 1. The summed E-state index contributed by atoms with van der Waals surface area (Å²) in [5.41, 5.74) is 6.13. The van der Waals surface area contributed by atoms with E-state index in [1.807, 2.05) is 7.05 Å². The minimum atomic E-state index is -0.459. The van der Waals surface area contributed by atoms with E-state index in [1.165, 1.54) is 12.1 Å². The van der Waals surface area contributed by atoms with Crippen LogP contribution in [0.25, 0.3) is 0 Å². The molecule has 4 nitrogen and oxygen atoms in total. The number of nitrogens with zero attached hydrogens (tertiary/aromatic N) is 1. The minimum Gasteiger partial charge on any atom is -0.398 e. The summed E-state index contributed by atoms with van der Waals surface area (Å²) in [6.07, 6.45) is 0.843. The summed E-state index contributed by atoms with van der Waals surface area (Å²) in [6, 6.07) is 4.28. The van der Waals surface area contributed by atoms with Crippen molar-refractivity contribution in [2.24, 2.45) is 0 Å². The average Bonchev–Trinajstić information content (AvgIpc) is 2.36. The fourth-order valence-electron chi connectivity index (χ4n) is 1.61. The number of amides is 1. The SMILES string of the molecule is CC(C)N(C)CCCNC(=O)c1cc(F)ccc1N. The highest BCUT2D eigenvalue weighted by Crippen LogP contribution is 2.12. The second-order valence-corrected chi connectivity index (χ2v) is 4.92. The lowest BCUT2D eigenvalue weighted by atomic mass is 10.1. The van der Waals surface area contributed by atoms with E-state index >= 15 is 0 Å². The van der Waals surface area contributed by atoms with Crippen LogP contribution in [0.1, 0.15) is 30.6 Å². The van der Waals surface area contributed by atoms with E-state index in [-0.39, 0.29) is 17.2 Å². The Morgan fingerprint density at radius 2 is 2.16 bits per heavy atom. The van der Waals surface area contributed by atoms with Crippen LogP contribution < -0.4 is 11.1 Å². The molecule has 0 atom stereocenters. The smallest absolute Gasteiger partial charge is 0.253 e. The van der Waals surface area contributed by atoms with E-state index in [2.05, 4.69) is 24.1 Å². The number of carbonyl (C=O) groups is 1. The van der Waals surface area contributed by atoms with Crippen molar-refractivity contribution >= 4 is 11.6 Å². The van der Waals surface area contributed by atoms with Gasteiger partial charge in [0.05, 0.1) is 5.56 Å². The number of rotatable bonds is 6. The Balaban J connectivity index is 2.41. The zero-order valence-electron chi connectivity index (χ0n) is 11.7. The first-order chi connectivity index (χ1) is 8.91. The second-order valence-electron chi connectivity index (χ2n) is 4.92. The van der Waals surface area contributed by atoms with E-state index in [0.29, 0.717) is 12.6 Å². The van der Waals surface area contributed by atoms with Gasteiger partial charge in [-0.05, 0) is 52.1 Å². The van der Waals surface area contributed by atoms with Crippen molar-refractivity contribution in [3.05, 3.63) is 29.6 Å². The van der Waals surface area contributed by atoms with Crippen molar-refractivity contribution in [3.63, 3.8) is 0 Å². The third-order valence-corrected chi connectivity index (χ3v) is 3.11. The second kappa shape index (κ2) is 7.09. The van der Waals surface area contributed by atoms with Gasteiger partial charge in [0.2, 0.25) is 0 Å². The van der Waals surface area contributed by atoms with Crippen LogP contribution in [-0.4, -0.2) is 37.0 Å². The summed E-state index contributed by atoms with van der Waals surface area (Å²) >= 11 is 0. The van der Waals surface area contributed by atoms with Gasteiger partial charge in [-0.1, -0.05) is 0 Å². The largest absolute Gasteiger partial charge is 0.398 e. The number of hydrogen-bond acceptors (Lipinski definition) is 3. The molecule has 0 saturated carbocycles. The number of nitrogens with one attached hydrogen (secondary N) is 1. The average molecular weight is 267 g/mol. The van der Waals surface area contributed by atoms with Gasteiger partial charge in [-0.2, -0.15) is 0 Å². The van der Waals surface area contributed by atoms with E-state index < -0.39 is 5.82 Å². The van der Waals surface area contributed by atoms with Gasteiger partial charge < -0.3 is 16.0 Å². The molecule has 0 bridgehead atoms. The van der Waals surface area contributed by atoms with Gasteiger partial charge in [-0.25, -0.2) is 4.39 Å². The van der Waals surface area contributed by atoms with Crippen molar-refractivity contribution in [2.45, 2.75) is 26.3 Å². The van der Waals surface area contributed by atoms with Gasteiger partial charge in [-0.15, -0.1) is 0 Å². The molecule has 0 aliphatic heterocycles. The highest BCUT2D eigenvalue weighted by molar-refractivity contribution is 5.99. The van der Waals surface area contributed by atoms with Gasteiger partial charge in [0.1, 0.15) is 5.82 Å². The molecule has 0 spiro atoms. The van der Waals surface area contributed by atoms with Gasteiger partial charge in [0, 0.05) is 18.3 Å². The normalized spacial score (nSPS) is 11.1. The number of benzene rings is 1. The molecule has 0 aliphatic rings. The standard InChI is InChI=1S/C14H22FN3O/c1-10(2)18(3)8-4-7-17-14(19)12-9-11(15)5-6-13(12)16/h5-6,9-10H,4,7-8,16H2,1-3H3,(H,17,19). The molecule has 0 saturated heterocycles. The summed E-state index contributed by atoms with van der Waals surface area (Å²) in [6.45, 7) is 5.68. The van der Waals surface area contributed by atoms with E-state index in [4.69, 9.17) is 5.73 Å². The lowest BCUT2D eigenvalue weighted by Gasteiger charge is -2.20. The zero-order valence-corrected chi connectivity index (χ0v) is 11.7. The lowest BCUT2D eigenvalue weighted by Crippen LogP contribution is -2.31. The maximum atomic E-state index is 13.0. The molecular weight excluding hydrogens is 245 g/mol. The Morgan fingerprint density at radius 1 is 1.47 bits per heavy atom. The van der Waals surface area contributed by atoms with Crippen LogP contribution in [-0.2, 0) is 0 Å². The number of nitrogen functional groups attached to an aromatic ring is 1. The van der Waals surface area contributed by atoms with Crippen LogP contribution in [0.2, 0.25) is 0 Å². The quantitative estimate of drug-likeness (QED) is 0.611. The van der Waals surface area contributed by atoms with Crippen LogP contribution in [0, 0.1) is 5.82 Å². The predicted molar refractivity (Wildman–Crippen MR) is 75.5 cm³/mol. The topological polar surface area (TPSA) is 58.4 Å². The molecule has 0 aliphatic carbocycles. The monoisotopic (exact) mass is 267 g/mol. The Kier molecular flexibility index (Phi) is 5.76. The molecule has 1 aromatic carbocycles. The zero-order chi connectivity index (χ0) is 14.4. The maximum absolute atomic E-state index is 13.0. The Morgan fingerprint density at radius 3 is 2.79 bits per heavy atom. The maximum Gasteiger partial charge on any atom is 0.253 e. The first-order valence-corrected chi connectivity index (χ1v) is 6.45. The molecule has 1 amide bonds. The summed E-state index contributed by atoms with van der Waals surface area (Å²) in [7, 11) is 2.04. The molecule has 0 fully saturated rings. The predicted octanol–water partition coefficient (Wildman–Crippen LogP) is 1.87. The van der Waals surface area contributed by atoms with E-state index in [0.717, 1.165) is 19.0 Å². The molecule has 0 aromatic heterocycles. The third kappa shape index (κ3) is 4.87. The number of hydrogen-bond donors (Lipinski definition) is 2. The van der Waals surface area contributed by atoms with Crippen molar-refractivity contribution in [1.82, 2.24) is 10.2 Å².